The molecule has 0 aliphatic carbocycles. The third-order valence-corrected chi connectivity index (χ3v) is 4.30. The van der Waals surface area contributed by atoms with E-state index >= 15 is 0 Å². The van der Waals surface area contributed by atoms with Crippen molar-refractivity contribution in [2.24, 2.45) is 5.92 Å². The van der Waals surface area contributed by atoms with E-state index in [1.165, 1.54) is 12.1 Å². The molecular weight excluding hydrogens is 276 g/mol. The summed E-state index contributed by atoms with van der Waals surface area (Å²) in [6.07, 6.45) is 0. The van der Waals surface area contributed by atoms with Gasteiger partial charge in [-0.2, -0.15) is 0 Å². The quantitative estimate of drug-likeness (QED) is 0.772. The molecule has 0 amide bonds. The zero-order chi connectivity index (χ0) is 15.3. The second kappa shape index (κ2) is 6.97. The lowest BCUT2D eigenvalue weighted by molar-refractivity contribution is 0.0939. The van der Waals surface area contributed by atoms with E-state index in [0.29, 0.717) is 18.7 Å². The van der Waals surface area contributed by atoms with Gasteiger partial charge in [-0.15, -0.1) is 0 Å². The number of likely N-dealkylation sites (N-methyl/N-ethyl adjacent to an activating group) is 1. The molecule has 1 rings (SSSR count). The Morgan fingerprint density at radius 3 is 2.20 bits per heavy atom. The summed E-state index contributed by atoms with van der Waals surface area (Å²) in [6, 6.07) is 6.05. The molecule has 0 saturated heterocycles. The number of sulfonamides is 1. The maximum atomic E-state index is 12.0. The molecule has 0 atom stereocenters. The maximum Gasteiger partial charge on any atom is 0.240 e. The lowest BCUT2D eigenvalue weighted by Gasteiger charge is -2.11. The Morgan fingerprint density at radius 1 is 1.20 bits per heavy atom. The standard InChI is InChI=1S/C14H22N2O3S/c1-11(2)14(17)12-5-7-13(8-6-12)20(18,19)15-9-10-16(3)4/h5-8,11,15H,9-10H2,1-4H3. The molecule has 0 spiro atoms. The van der Waals surface area contributed by atoms with E-state index in [2.05, 4.69) is 4.72 Å². The largest absolute Gasteiger partial charge is 0.308 e. The van der Waals surface area contributed by atoms with Crippen LogP contribution in [0, 0.1) is 5.92 Å². The summed E-state index contributed by atoms with van der Waals surface area (Å²) in [4.78, 5) is 13.9. The number of rotatable bonds is 7. The van der Waals surface area contributed by atoms with Crippen molar-refractivity contribution >= 4 is 15.8 Å². The number of carbonyl (C=O) groups is 1. The SMILES string of the molecule is CC(C)C(=O)c1ccc(S(=O)(=O)NCCN(C)C)cc1. The van der Waals surface area contributed by atoms with Crippen LogP contribution in [0.15, 0.2) is 29.2 Å². The first-order valence-corrected chi connectivity index (χ1v) is 8.01. The van der Waals surface area contributed by atoms with Crippen LogP contribution in [-0.2, 0) is 10.0 Å². The molecule has 0 unspecified atom stereocenters. The molecule has 0 aliphatic rings. The molecule has 1 aromatic carbocycles. The lowest BCUT2D eigenvalue weighted by atomic mass is 10.0. The molecule has 112 valence electrons. The second-order valence-corrected chi connectivity index (χ2v) is 7.01. The van der Waals surface area contributed by atoms with Gasteiger partial charge in [-0.05, 0) is 26.2 Å². The van der Waals surface area contributed by atoms with Gasteiger partial charge in [0.25, 0.3) is 0 Å². The van der Waals surface area contributed by atoms with Crippen LogP contribution in [-0.4, -0.2) is 46.3 Å². The Balaban J connectivity index is 2.79. The molecule has 1 N–H and O–H groups in total. The molecule has 5 nitrogen and oxygen atoms in total. The molecule has 0 fully saturated rings. The van der Waals surface area contributed by atoms with Gasteiger partial charge in [-0.25, -0.2) is 13.1 Å². The van der Waals surface area contributed by atoms with Gasteiger partial charge in [0.15, 0.2) is 5.78 Å². The van der Waals surface area contributed by atoms with Gasteiger partial charge >= 0.3 is 0 Å². The lowest BCUT2D eigenvalue weighted by Crippen LogP contribution is -2.31. The van der Waals surface area contributed by atoms with Crippen molar-refractivity contribution in [3.05, 3.63) is 29.8 Å². The number of hydrogen-bond donors (Lipinski definition) is 1. The fourth-order valence-electron chi connectivity index (χ4n) is 1.62. The Bertz CT molecular complexity index is 548. The number of carbonyl (C=O) groups excluding carboxylic acids is 1. The maximum absolute atomic E-state index is 12.0. The van der Waals surface area contributed by atoms with Crippen molar-refractivity contribution in [2.75, 3.05) is 27.2 Å². The van der Waals surface area contributed by atoms with Gasteiger partial charge < -0.3 is 4.90 Å². The topological polar surface area (TPSA) is 66.5 Å². The minimum absolute atomic E-state index is 0.00881. The Hall–Kier alpha value is -1.24. The minimum atomic E-state index is -3.51. The first-order chi connectivity index (χ1) is 9.24. The van der Waals surface area contributed by atoms with Crippen molar-refractivity contribution in [3.8, 4) is 0 Å². The van der Waals surface area contributed by atoms with E-state index in [9.17, 15) is 13.2 Å². The molecule has 0 aromatic heterocycles. The predicted octanol–water partition coefficient (Wildman–Crippen LogP) is 1.37. The fraction of sp³-hybridized carbons (Fsp3) is 0.500. The Labute approximate surface area is 121 Å². The molecule has 6 heteroatoms. The van der Waals surface area contributed by atoms with E-state index in [1.807, 2.05) is 32.8 Å². The third-order valence-electron chi connectivity index (χ3n) is 2.82. The first-order valence-electron chi connectivity index (χ1n) is 6.52. The van der Waals surface area contributed by atoms with Crippen molar-refractivity contribution < 1.29 is 13.2 Å². The van der Waals surface area contributed by atoms with Crippen LogP contribution in [0.3, 0.4) is 0 Å². The number of Topliss-reactive ketones (excluding diaryl/α,β-unsaturated/α-hetero) is 1. The van der Waals surface area contributed by atoms with E-state index in [4.69, 9.17) is 0 Å². The molecule has 20 heavy (non-hydrogen) atoms. The fourth-order valence-corrected chi connectivity index (χ4v) is 2.64. The number of nitrogens with zero attached hydrogens (tertiary/aromatic N) is 1. The summed E-state index contributed by atoms with van der Waals surface area (Å²) in [5.74, 6) is -0.0924. The third kappa shape index (κ3) is 4.70. The van der Waals surface area contributed by atoms with Crippen LogP contribution in [0.4, 0.5) is 0 Å². The number of nitrogens with one attached hydrogen (secondary N) is 1. The van der Waals surface area contributed by atoms with Gasteiger partial charge in [0.05, 0.1) is 4.90 Å². The van der Waals surface area contributed by atoms with Crippen LogP contribution in [0.25, 0.3) is 0 Å². The van der Waals surface area contributed by atoms with Crippen LogP contribution in [0.2, 0.25) is 0 Å². The first kappa shape index (κ1) is 16.8. The van der Waals surface area contributed by atoms with Gasteiger partial charge in [-0.1, -0.05) is 26.0 Å². The monoisotopic (exact) mass is 298 g/mol. The molecule has 0 bridgehead atoms. The predicted molar refractivity (Wildman–Crippen MR) is 79.4 cm³/mol. The summed E-state index contributed by atoms with van der Waals surface area (Å²) >= 11 is 0. The van der Waals surface area contributed by atoms with Crippen molar-refractivity contribution in [3.63, 3.8) is 0 Å². The highest BCUT2D eigenvalue weighted by Crippen LogP contribution is 2.13. The van der Waals surface area contributed by atoms with E-state index in [0.717, 1.165) is 0 Å². The molecule has 0 radical (unpaired) electrons. The van der Waals surface area contributed by atoms with E-state index in [1.54, 1.807) is 12.1 Å². The highest BCUT2D eigenvalue weighted by atomic mass is 32.2. The highest BCUT2D eigenvalue weighted by molar-refractivity contribution is 7.89. The van der Waals surface area contributed by atoms with Crippen molar-refractivity contribution in [1.29, 1.82) is 0 Å². The van der Waals surface area contributed by atoms with Gasteiger partial charge in [0.1, 0.15) is 0 Å². The molecular formula is C14H22N2O3S. The summed E-state index contributed by atoms with van der Waals surface area (Å²) in [7, 11) is 0.245. The zero-order valence-electron chi connectivity index (χ0n) is 12.4. The minimum Gasteiger partial charge on any atom is -0.308 e. The van der Waals surface area contributed by atoms with E-state index < -0.39 is 10.0 Å². The van der Waals surface area contributed by atoms with Gasteiger partial charge in [0, 0.05) is 24.6 Å². The number of hydrogen-bond acceptors (Lipinski definition) is 4. The average Bonchev–Trinajstić information content (AvgIpc) is 2.37. The molecule has 0 heterocycles. The van der Waals surface area contributed by atoms with Crippen LogP contribution in [0.5, 0.6) is 0 Å². The van der Waals surface area contributed by atoms with Crippen LogP contribution in [0.1, 0.15) is 24.2 Å². The van der Waals surface area contributed by atoms with Crippen LogP contribution < -0.4 is 4.72 Å². The number of ketones is 1. The van der Waals surface area contributed by atoms with Crippen molar-refractivity contribution in [2.45, 2.75) is 18.7 Å². The number of benzene rings is 1. The Kier molecular flexibility index (Phi) is 5.86. The smallest absolute Gasteiger partial charge is 0.240 e. The average molecular weight is 298 g/mol. The van der Waals surface area contributed by atoms with Gasteiger partial charge in [0.2, 0.25) is 10.0 Å². The molecule has 1 aromatic rings. The Morgan fingerprint density at radius 2 is 1.75 bits per heavy atom. The molecule has 0 saturated carbocycles. The summed E-state index contributed by atoms with van der Waals surface area (Å²) in [6.45, 7) is 4.61. The van der Waals surface area contributed by atoms with Crippen LogP contribution >= 0.6 is 0 Å². The van der Waals surface area contributed by atoms with E-state index in [-0.39, 0.29) is 16.6 Å². The van der Waals surface area contributed by atoms with Crippen molar-refractivity contribution in [1.82, 2.24) is 9.62 Å². The summed E-state index contributed by atoms with van der Waals surface area (Å²) in [5.41, 5.74) is 0.534. The summed E-state index contributed by atoms with van der Waals surface area (Å²) < 4.78 is 26.6. The molecule has 0 aliphatic heterocycles. The zero-order valence-corrected chi connectivity index (χ0v) is 13.2. The normalized spacial score (nSPS) is 12.1. The van der Waals surface area contributed by atoms with Gasteiger partial charge in [-0.3, -0.25) is 4.79 Å². The second-order valence-electron chi connectivity index (χ2n) is 5.24. The highest BCUT2D eigenvalue weighted by Gasteiger charge is 2.15. The summed E-state index contributed by atoms with van der Waals surface area (Å²) in [5, 5.41) is 0.